The highest BCUT2D eigenvalue weighted by Crippen LogP contribution is 2.20. The van der Waals surface area contributed by atoms with Crippen molar-refractivity contribution in [2.45, 2.75) is 39.7 Å². The molecule has 1 fully saturated rings. The lowest BCUT2D eigenvalue weighted by Crippen LogP contribution is -2.38. The summed E-state index contributed by atoms with van der Waals surface area (Å²) in [6, 6.07) is 8.17. The lowest BCUT2D eigenvalue weighted by Gasteiger charge is -2.30. The van der Waals surface area contributed by atoms with Crippen molar-refractivity contribution in [2.75, 3.05) is 13.1 Å². The van der Waals surface area contributed by atoms with Gasteiger partial charge in [0.15, 0.2) is 10.6 Å². The van der Waals surface area contributed by atoms with Crippen LogP contribution in [0.3, 0.4) is 0 Å². The highest BCUT2D eigenvalue weighted by Gasteiger charge is 2.20. The molecule has 1 aliphatic heterocycles. The van der Waals surface area contributed by atoms with E-state index in [0.29, 0.717) is 17.7 Å². The van der Waals surface area contributed by atoms with Gasteiger partial charge < -0.3 is 4.90 Å². The van der Waals surface area contributed by atoms with Crippen LogP contribution in [0.1, 0.15) is 31.7 Å². The van der Waals surface area contributed by atoms with Crippen molar-refractivity contribution in [3.63, 3.8) is 0 Å². The first kappa shape index (κ1) is 16.9. The van der Waals surface area contributed by atoms with Crippen molar-refractivity contribution in [3.05, 3.63) is 34.6 Å². The molecule has 24 heavy (non-hydrogen) atoms. The quantitative estimate of drug-likeness (QED) is 0.863. The molecule has 1 aromatic carbocycles. The Labute approximate surface area is 147 Å². The molecule has 0 bridgehead atoms. The first-order valence-corrected chi connectivity index (χ1v) is 8.95. The third-order valence-electron chi connectivity index (χ3n) is 4.75. The van der Waals surface area contributed by atoms with E-state index >= 15 is 0 Å². The number of H-pyrrole nitrogens is 1. The van der Waals surface area contributed by atoms with Gasteiger partial charge in [0.2, 0.25) is 5.91 Å². The molecule has 2 aromatic rings. The number of hydrogen-bond donors (Lipinski definition) is 1. The average Bonchev–Trinajstić information content (AvgIpc) is 2.95. The Morgan fingerprint density at radius 1 is 1.29 bits per heavy atom. The van der Waals surface area contributed by atoms with Gasteiger partial charge in [0, 0.05) is 31.6 Å². The Bertz CT molecular complexity index is 754. The van der Waals surface area contributed by atoms with Crippen LogP contribution in [0.2, 0.25) is 0 Å². The summed E-state index contributed by atoms with van der Waals surface area (Å²) in [6.07, 6.45) is 2.66. The second-order valence-electron chi connectivity index (χ2n) is 6.68. The smallest absolute Gasteiger partial charge is 0.224 e. The normalized spacial score (nSPS) is 15.7. The van der Waals surface area contributed by atoms with Crippen LogP contribution in [-0.2, 0) is 11.3 Å². The third-order valence-corrected chi connectivity index (χ3v) is 5.07. The molecule has 1 aliphatic rings. The van der Waals surface area contributed by atoms with E-state index < -0.39 is 0 Å². The minimum absolute atomic E-state index is 0.208. The lowest BCUT2D eigenvalue weighted by atomic mass is 9.99. The topological polar surface area (TPSA) is 53.9 Å². The Morgan fingerprint density at radius 2 is 1.96 bits per heavy atom. The number of carbonyl (C=O) groups excluding carboxylic acids is 1. The van der Waals surface area contributed by atoms with Gasteiger partial charge in [0.05, 0.1) is 0 Å². The number of likely N-dealkylation sites (tertiary alicyclic amines) is 1. The van der Waals surface area contributed by atoms with Gasteiger partial charge >= 0.3 is 0 Å². The fourth-order valence-corrected chi connectivity index (χ4v) is 3.30. The SMILES string of the molecule is Cc1ccc(-c2n[nH]c(=S)n2CCC(=O)N2CCC(C)CC2)cc1. The predicted octanol–water partition coefficient (Wildman–Crippen LogP) is 3.56. The van der Waals surface area contributed by atoms with Crippen molar-refractivity contribution in [1.82, 2.24) is 19.7 Å². The number of aromatic nitrogens is 3. The molecule has 0 atom stereocenters. The predicted molar refractivity (Wildman–Crippen MR) is 97.2 cm³/mol. The first-order chi connectivity index (χ1) is 11.5. The molecule has 1 saturated heterocycles. The van der Waals surface area contributed by atoms with Crippen molar-refractivity contribution in [2.24, 2.45) is 5.92 Å². The first-order valence-electron chi connectivity index (χ1n) is 8.54. The molecule has 3 rings (SSSR count). The zero-order chi connectivity index (χ0) is 17.1. The van der Waals surface area contributed by atoms with Gasteiger partial charge in [-0.3, -0.25) is 14.5 Å². The van der Waals surface area contributed by atoms with E-state index in [-0.39, 0.29) is 5.91 Å². The van der Waals surface area contributed by atoms with E-state index in [0.717, 1.165) is 43.2 Å². The summed E-state index contributed by atoms with van der Waals surface area (Å²) in [5, 5.41) is 7.19. The third kappa shape index (κ3) is 3.75. The number of nitrogens with zero attached hydrogens (tertiary/aromatic N) is 3. The summed E-state index contributed by atoms with van der Waals surface area (Å²) in [7, 11) is 0. The van der Waals surface area contributed by atoms with Crippen LogP contribution in [0.5, 0.6) is 0 Å². The monoisotopic (exact) mass is 344 g/mol. The molecule has 1 N–H and O–H groups in total. The van der Waals surface area contributed by atoms with Crippen LogP contribution >= 0.6 is 12.2 Å². The summed E-state index contributed by atoms with van der Waals surface area (Å²) in [5.41, 5.74) is 2.21. The largest absolute Gasteiger partial charge is 0.343 e. The fraction of sp³-hybridized carbons (Fsp3) is 0.500. The summed E-state index contributed by atoms with van der Waals surface area (Å²) < 4.78 is 2.48. The Kier molecular flexibility index (Phi) is 5.14. The molecule has 0 saturated carbocycles. The van der Waals surface area contributed by atoms with E-state index in [1.54, 1.807) is 0 Å². The molecule has 2 heterocycles. The van der Waals surface area contributed by atoms with Crippen molar-refractivity contribution >= 4 is 18.1 Å². The van der Waals surface area contributed by atoms with E-state index in [9.17, 15) is 4.79 Å². The number of amides is 1. The van der Waals surface area contributed by atoms with Crippen LogP contribution in [0.15, 0.2) is 24.3 Å². The van der Waals surface area contributed by atoms with Crippen LogP contribution in [-0.4, -0.2) is 38.7 Å². The molecule has 128 valence electrons. The minimum atomic E-state index is 0.208. The van der Waals surface area contributed by atoms with Crippen LogP contribution < -0.4 is 0 Å². The Balaban J connectivity index is 1.69. The molecule has 0 radical (unpaired) electrons. The molecule has 1 aromatic heterocycles. The second-order valence-corrected chi connectivity index (χ2v) is 7.07. The summed E-state index contributed by atoms with van der Waals surface area (Å²) in [5.74, 6) is 1.73. The highest BCUT2D eigenvalue weighted by molar-refractivity contribution is 7.71. The highest BCUT2D eigenvalue weighted by atomic mass is 32.1. The summed E-state index contributed by atoms with van der Waals surface area (Å²) in [6.45, 7) is 6.62. The molecular formula is C18H24N4OS. The lowest BCUT2D eigenvalue weighted by molar-refractivity contribution is -0.132. The average molecular weight is 344 g/mol. The van der Waals surface area contributed by atoms with Gasteiger partial charge in [-0.25, -0.2) is 0 Å². The van der Waals surface area contributed by atoms with E-state index in [2.05, 4.69) is 36.2 Å². The number of benzene rings is 1. The van der Waals surface area contributed by atoms with E-state index in [1.165, 1.54) is 5.56 Å². The Morgan fingerprint density at radius 3 is 2.62 bits per heavy atom. The molecule has 6 heteroatoms. The van der Waals surface area contributed by atoms with E-state index in [4.69, 9.17) is 12.2 Å². The molecule has 5 nitrogen and oxygen atoms in total. The number of aromatic amines is 1. The minimum Gasteiger partial charge on any atom is -0.343 e. The maximum atomic E-state index is 12.5. The number of hydrogen-bond acceptors (Lipinski definition) is 3. The van der Waals surface area contributed by atoms with Crippen molar-refractivity contribution < 1.29 is 4.79 Å². The van der Waals surface area contributed by atoms with Gasteiger partial charge in [0.25, 0.3) is 0 Å². The maximum absolute atomic E-state index is 12.5. The van der Waals surface area contributed by atoms with Gasteiger partial charge in [-0.2, -0.15) is 5.10 Å². The number of carbonyl (C=O) groups is 1. The number of nitrogens with one attached hydrogen (secondary N) is 1. The molecular weight excluding hydrogens is 320 g/mol. The number of aryl methyl sites for hydroxylation is 1. The van der Waals surface area contributed by atoms with Gasteiger partial charge in [-0.15, -0.1) is 0 Å². The molecule has 0 aliphatic carbocycles. The van der Waals surface area contributed by atoms with Gasteiger partial charge in [-0.1, -0.05) is 36.8 Å². The zero-order valence-electron chi connectivity index (χ0n) is 14.3. The number of rotatable bonds is 4. The summed E-state index contributed by atoms with van der Waals surface area (Å²) >= 11 is 5.34. The van der Waals surface area contributed by atoms with Crippen LogP contribution in [0.4, 0.5) is 0 Å². The standard InChI is InChI=1S/C18H24N4OS/c1-13-3-5-15(6-4-13)17-19-20-18(24)22(17)12-9-16(23)21-10-7-14(2)8-11-21/h3-6,14H,7-12H2,1-2H3,(H,20,24). The fourth-order valence-electron chi connectivity index (χ4n) is 3.07. The van der Waals surface area contributed by atoms with Gasteiger partial charge in [0.1, 0.15) is 0 Å². The number of piperidine rings is 1. The molecule has 0 unspecified atom stereocenters. The van der Waals surface area contributed by atoms with Crippen molar-refractivity contribution in [3.8, 4) is 11.4 Å². The second kappa shape index (κ2) is 7.30. The Hall–Kier alpha value is -1.95. The summed E-state index contributed by atoms with van der Waals surface area (Å²) in [4.78, 5) is 14.4. The van der Waals surface area contributed by atoms with Gasteiger partial charge in [-0.05, 0) is 37.9 Å². The molecule has 0 spiro atoms. The zero-order valence-corrected chi connectivity index (χ0v) is 15.1. The van der Waals surface area contributed by atoms with Crippen LogP contribution in [0.25, 0.3) is 11.4 Å². The van der Waals surface area contributed by atoms with Crippen molar-refractivity contribution in [1.29, 1.82) is 0 Å². The molecule has 1 amide bonds. The van der Waals surface area contributed by atoms with Crippen LogP contribution in [0, 0.1) is 17.6 Å². The van der Waals surface area contributed by atoms with E-state index in [1.807, 2.05) is 21.6 Å². The maximum Gasteiger partial charge on any atom is 0.224 e.